The number of carbonyl (C=O) groups excluding carboxylic acids is 1. The smallest absolute Gasteiger partial charge is 0.416 e. The summed E-state index contributed by atoms with van der Waals surface area (Å²) in [5.41, 5.74) is -2.43. The zero-order chi connectivity index (χ0) is 21.6. The summed E-state index contributed by atoms with van der Waals surface area (Å²) in [6.45, 7) is 0. The minimum absolute atomic E-state index is 0.165. The van der Waals surface area contributed by atoms with Crippen LogP contribution in [0.25, 0.3) is 0 Å². The van der Waals surface area contributed by atoms with Gasteiger partial charge in [-0.25, -0.2) is 0 Å². The Hall–Kier alpha value is -2.46. The summed E-state index contributed by atoms with van der Waals surface area (Å²) >= 11 is 5.71. The average molecular weight is 438 g/mol. The quantitative estimate of drug-likeness (QED) is 0.410. The van der Waals surface area contributed by atoms with E-state index < -0.39 is 33.9 Å². The Morgan fingerprint density at radius 2 is 1.71 bits per heavy atom. The van der Waals surface area contributed by atoms with Gasteiger partial charge in [-0.3, -0.25) is 10.1 Å². The van der Waals surface area contributed by atoms with Crippen molar-refractivity contribution >= 4 is 34.2 Å². The first-order valence-electron chi connectivity index (χ1n) is 7.36. The minimum Gasteiger partial charge on any atom is -0.545 e. The molecule has 0 aliphatic heterocycles. The van der Waals surface area contributed by atoms with Gasteiger partial charge in [-0.05, 0) is 41.2 Å². The van der Waals surface area contributed by atoms with E-state index in [2.05, 4.69) is 18.8 Å². The first-order chi connectivity index (χ1) is 12.8. The lowest BCUT2D eigenvalue weighted by Gasteiger charge is -2.12. The van der Waals surface area contributed by atoms with Crippen molar-refractivity contribution < 1.29 is 32.7 Å². The molecule has 0 bridgehead atoms. The Labute approximate surface area is 166 Å². The molecule has 0 saturated carbocycles. The van der Waals surface area contributed by atoms with Crippen molar-refractivity contribution in [2.24, 2.45) is 0 Å². The van der Waals surface area contributed by atoms with Gasteiger partial charge in [0.2, 0.25) is 0 Å². The van der Waals surface area contributed by atoms with Crippen molar-refractivity contribution in [1.29, 1.82) is 0 Å². The zero-order valence-corrected chi connectivity index (χ0v) is 16.4. The highest BCUT2D eigenvalue weighted by Gasteiger charge is 2.31. The molecule has 0 unspecified atom stereocenters. The number of aromatic carboxylic acids is 1. The van der Waals surface area contributed by atoms with Crippen molar-refractivity contribution in [3.63, 3.8) is 0 Å². The Morgan fingerprint density at radius 3 is 2.14 bits per heavy atom. The number of carboxylic acids is 1. The maximum Gasteiger partial charge on any atom is 0.416 e. The lowest BCUT2D eigenvalue weighted by molar-refractivity contribution is -0.385. The summed E-state index contributed by atoms with van der Waals surface area (Å²) < 4.78 is 42.8. The van der Waals surface area contributed by atoms with Crippen LogP contribution >= 0.6 is 11.6 Å². The highest BCUT2D eigenvalue weighted by atomic mass is 35.5. The van der Waals surface area contributed by atoms with Crippen LogP contribution in [0.3, 0.4) is 0 Å². The van der Waals surface area contributed by atoms with Gasteiger partial charge in [0.1, 0.15) is 11.5 Å². The molecule has 2 rings (SSSR count). The van der Waals surface area contributed by atoms with Gasteiger partial charge in [-0.2, -0.15) is 13.2 Å². The first kappa shape index (κ1) is 23.6. The third-order valence-corrected chi connectivity index (χ3v) is 3.17. The van der Waals surface area contributed by atoms with Gasteiger partial charge in [0.25, 0.3) is 5.69 Å². The van der Waals surface area contributed by atoms with Crippen molar-refractivity contribution in [3.8, 4) is 11.5 Å². The number of benzene rings is 2. The fourth-order valence-corrected chi connectivity index (χ4v) is 2.01. The van der Waals surface area contributed by atoms with Gasteiger partial charge < -0.3 is 14.6 Å². The highest BCUT2D eigenvalue weighted by molar-refractivity contribution is 7.94. The lowest BCUT2D eigenvalue weighted by atomic mass is 10.1. The molecule has 28 heavy (non-hydrogen) atoms. The van der Waals surface area contributed by atoms with Gasteiger partial charge in [0.15, 0.2) is 0 Å². The maximum absolute atomic E-state index is 12.6. The van der Waals surface area contributed by atoms with Gasteiger partial charge in [0, 0.05) is 6.07 Å². The second-order valence-electron chi connectivity index (χ2n) is 5.69. The molecule has 11 heteroatoms. The van der Waals surface area contributed by atoms with Crippen LogP contribution in [0.2, 0.25) is 5.02 Å². The molecule has 0 N–H and O–H groups in total. The number of halogens is 4. The monoisotopic (exact) mass is 437 g/mol. The fourth-order valence-electron chi connectivity index (χ4n) is 1.79. The predicted molar refractivity (Wildman–Crippen MR) is 99.1 cm³/mol. The molecular weight excluding hydrogens is 423 g/mol. The van der Waals surface area contributed by atoms with Crippen LogP contribution < -0.4 is 9.84 Å². The zero-order valence-electron chi connectivity index (χ0n) is 14.9. The van der Waals surface area contributed by atoms with Crippen molar-refractivity contribution in [1.82, 2.24) is 0 Å². The molecule has 0 heterocycles. The van der Waals surface area contributed by atoms with Gasteiger partial charge in [-0.1, -0.05) is 11.6 Å². The summed E-state index contributed by atoms with van der Waals surface area (Å²) in [4.78, 5) is 20.7. The standard InChI is InChI=1S/C14H7ClF3NO5.C3H9S/c15-10-5-7(14(16,17)18)1-4-12(10)24-8-2-3-11(19(22)23)9(6-8)13(20)21;1-4(2)3/h1-6H,(H,20,21);1-3H3/q;+1/p-1. The normalized spacial score (nSPS) is 10.9. The van der Waals surface area contributed by atoms with Crippen LogP contribution in [0.5, 0.6) is 11.5 Å². The van der Waals surface area contributed by atoms with Crippen molar-refractivity contribution in [2.45, 2.75) is 6.18 Å². The number of hydrogen-bond donors (Lipinski definition) is 0. The second kappa shape index (κ2) is 9.65. The number of nitrogens with zero attached hydrogens (tertiary/aromatic N) is 1. The van der Waals surface area contributed by atoms with E-state index in [0.717, 1.165) is 30.3 Å². The number of carboxylic acid groups (broad SMARTS) is 1. The van der Waals surface area contributed by atoms with Crippen LogP contribution in [0, 0.1) is 10.1 Å². The molecule has 6 nitrogen and oxygen atoms in total. The van der Waals surface area contributed by atoms with Crippen LogP contribution in [0.1, 0.15) is 15.9 Å². The molecular formula is C17H15ClF3NO5S. The average Bonchev–Trinajstić information content (AvgIpc) is 2.54. The number of ether oxygens (including phenoxy) is 1. The predicted octanol–water partition coefficient (Wildman–Crippen LogP) is 3.92. The summed E-state index contributed by atoms with van der Waals surface area (Å²) in [6.07, 6.45) is 2.00. The van der Waals surface area contributed by atoms with Gasteiger partial charge in [0.05, 0.1) is 45.8 Å². The molecule has 0 radical (unpaired) electrons. The first-order valence-corrected chi connectivity index (χ1v) is 10.2. The molecule has 0 aromatic heterocycles. The van der Waals surface area contributed by atoms with E-state index in [1.807, 2.05) is 0 Å². The van der Waals surface area contributed by atoms with E-state index in [9.17, 15) is 33.2 Å². The van der Waals surface area contributed by atoms with E-state index in [1.54, 1.807) is 0 Å². The molecule has 152 valence electrons. The van der Waals surface area contributed by atoms with Crippen molar-refractivity contribution in [3.05, 3.63) is 62.7 Å². The highest BCUT2D eigenvalue weighted by Crippen LogP contribution is 2.37. The number of alkyl halides is 3. The number of nitro benzene ring substituents is 1. The largest absolute Gasteiger partial charge is 0.545 e. The number of hydrogen-bond acceptors (Lipinski definition) is 5. The Balaban J connectivity index is 0.000000892. The third kappa shape index (κ3) is 6.93. The summed E-state index contributed by atoms with van der Waals surface area (Å²) in [7, 11) is 0.639. The van der Waals surface area contributed by atoms with E-state index in [-0.39, 0.29) is 16.5 Å². The Morgan fingerprint density at radius 1 is 1.14 bits per heavy atom. The summed E-state index contributed by atoms with van der Waals surface area (Å²) in [6, 6.07) is 5.10. The van der Waals surface area contributed by atoms with Crippen LogP contribution in [0.15, 0.2) is 36.4 Å². The van der Waals surface area contributed by atoms with Crippen LogP contribution in [0.4, 0.5) is 18.9 Å². The Kier molecular flexibility index (Phi) is 8.13. The van der Waals surface area contributed by atoms with E-state index >= 15 is 0 Å². The van der Waals surface area contributed by atoms with Crippen LogP contribution in [-0.4, -0.2) is 29.7 Å². The fraction of sp³-hybridized carbons (Fsp3) is 0.235. The van der Waals surface area contributed by atoms with Gasteiger partial charge >= 0.3 is 6.18 Å². The topological polar surface area (TPSA) is 92.5 Å². The maximum atomic E-state index is 12.6. The molecule has 0 spiro atoms. The van der Waals surface area contributed by atoms with Gasteiger partial charge in [-0.15, -0.1) is 0 Å². The molecule has 0 aliphatic carbocycles. The SMILES string of the molecule is C[S+](C)C.O=C([O-])c1cc(Oc2ccc(C(F)(F)F)cc2Cl)ccc1[N+](=O)[O-]. The van der Waals surface area contributed by atoms with E-state index in [0.29, 0.717) is 17.0 Å². The minimum atomic E-state index is -4.59. The van der Waals surface area contributed by atoms with Crippen molar-refractivity contribution in [2.75, 3.05) is 18.8 Å². The molecule has 0 atom stereocenters. The number of nitro groups is 1. The molecule has 0 amide bonds. The summed E-state index contributed by atoms with van der Waals surface area (Å²) in [5, 5.41) is 21.3. The van der Waals surface area contributed by atoms with Crippen LogP contribution in [-0.2, 0) is 17.1 Å². The third-order valence-electron chi connectivity index (χ3n) is 2.87. The number of carbonyl (C=O) groups is 1. The van der Waals surface area contributed by atoms with E-state index in [4.69, 9.17) is 16.3 Å². The number of rotatable bonds is 4. The molecule has 0 fully saturated rings. The molecule has 0 saturated heterocycles. The molecule has 0 aliphatic rings. The summed E-state index contributed by atoms with van der Waals surface area (Å²) in [5.74, 6) is -2.14. The van der Waals surface area contributed by atoms with E-state index in [1.165, 1.54) is 0 Å². The lowest BCUT2D eigenvalue weighted by Crippen LogP contribution is -2.23. The molecule has 2 aromatic rings. The second-order valence-corrected chi connectivity index (χ2v) is 8.55. The Bertz CT molecular complexity index is 872. The molecule has 2 aromatic carbocycles.